The molecule has 106 valence electrons. The van der Waals surface area contributed by atoms with Gasteiger partial charge in [-0.1, -0.05) is 6.07 Å². The quantitative estimate of drug-likeness (QED) is 0.841. The van der Waals surface area contributed by atoms with Crippen LogP contribution < -0.4 is 10.6 Å². The fraction of sp³-hybridized carbons (Fsp3) is 0.500. The van der Waals surface area contributed by atoms with Crippen LogP contribution in [0.15, 0.2) is 22.7 Å². The molecule has 0 saturated carbocycles. The molecule has 2 atom stereocenters. The lowest BCUT2D eigenvalue weighted by Crippen LogP contribution is -2.37. The van der Waals surface area contributed by atoms with Gasteiger partial charge < -0.3 is 10.6 Å². The summed E-state index contributed by atoms with van der Waals surface area (Å²) in [5, 5.41) is 5.96. The third kappa shape index (κ3) is 5.70. The summed E-state index contributed by atoms with van der Waals surface area (Å²) in [6.07, 6.45) is 1.13. The van der Waals surface area contributed by atoms with E-state index in [9.17, 15) is 9.18 Å². The van der Waals surface area contributed by atoms with E-state index in [1.807, 2.05) is 20.9 Å². The molecular weight excluding hydrogens is 311 g/mol. The highest BCUT2D eigenvalue weighted by Gasteiger charge is 2.11. The average molecular weight is 331 g/mol. The molecule has 1 unspecified atom stereocenters. The van der Waals surface area contributed by atoms with Crippen molar-refractivity contribution in [1.29, 1.82) is 0 Å². The summed E-state index contributed by atoms with van der Waals surface area (Å²) < 4.78 is 13.6. The van der Waals surface area contributed by atoms with Crippen LogP contribution in [0.2, 0.25) is 0 Å². The number of hydrogen-bond donors (Lipinski definition) is 2. The molecule has 0 aromatic heterocycles. The monoisotopic (exact) mass is 330 g/mol. The third-order valence-electron chi connectivity index (χ3n) is 2.92. The number of halogens is 2. The smallest absolute Gasteiger partial charge is 0.221 e. The van der Waals surface area contributed by atoms with Crippen molar-refractivity contribution in [3.05, 3.63) is 34.1 Å². The zero-order chi connectivity index (χ0) is 14.4. The third-order valence-corrected chi connectivity index (χ3v) is 3.53. The molecule has 1 aromatic rings. The first-order valence-electron chi connectivity index (χ1n) is 6.33. The van der Waals surface area contributed by atoms with Crippen molar-refractivity contribution >= 4 is 21.8 Å². The van der Waals surface area contributed by atoms with Gasteiger partial charge in [0.15, 0.2) is 0 Å². The zero-order valence-corrected chi connectivity index (χ0v) is 13.1. The lowest BCUT2D eigenvalue weighted by atomic mass is 10.1. The molecule has 2 N–H and O–H groups in total. The van der Waals surface area contributed by atoms with E-state index in [4.69, 9.17) is 0 Å². The molecule has 1 amide bonds. The second-order valence-electron chi connectivity index (χ2n) is 4.81. The largest absolute Gasteiger partial charge is 0.353 e. The molecule has 0 aliphatic carbocycles. The van der Waals surface area contributed by atoms with E-state index in [0.29, 0.717) is 17.3 Å². The van der Waals surface area contributed by atoms with Crippen molar-refractivity contribution in [1.82, 2.24) is 10.6 Å². The van der Waals surface area contributed by atoms with Crippen LogP contribution >= 0.6 is 15.9 Å². The molecule has 0 bridgehead atoms. The van der Waals surface area contributed by atoms with E-state index < -0.39 is 0 Å². The van der Waals surface area contributed by atoms with Crippen LogP contribution in [-0.2, 0) is 11.2 Å². The Balaban J connectivity index is 2.48. The van der Waals surface area contributed by atoms with Gasteiger partial charge in [-0.2, -0.15) is 0 Å². The van der Waals surface area contributed by atoms with E-state index in [0.717, 1.165) is 5.56 Å². The standard InChI is InChI=1S/C14H20BrFN2O/c1-9(17-3)7-14(19)18-10(2)6-11-4-5-13(16)12(15)8-11/h4-5,8-10,17H,6-7H2,1-3H3,(H,18,19)/t9-,10?/m1/s1. The first kappa shape index (κ1) is 16.1. The lowest BCUT2D eigenvalue weighted by molar-refractivity contribution is -0.122. The highest BCUT2D eigenvalue weighted by molar-refractivity contribution is 9.10. The maximum Gasteiger partial charge on any atom is 0.221 e. The van der Waals surface area contributed by atoms with E-state index in [1.54, 1.807) is 12.1 Å². The van der Waals surface area contributed by atoms with Crippen LogP contribution in [0.25, 0.3) is 0 Å². The molecule has 19 heavy (non-hydrogen) atoms. The molecule has 0 saturated heterocycles. The van der Waals surface area contributed by atoms with Crippen LogP contribution in [0.3, 0.4) is 0 Å². The maximum atomic E-state index is 13.1. The number of rotatable bonds is 6. The van der Waals surface area contributed by atoms with E-state index in [-0.39, 0.29) is 23.8 Å². The molecule has 5 heteroatoms. The number of carbonyl (C=O) groups is 1. The Morgan fingerprint density at radius 1 is 1.37 bits per heavy atom. The number of carbonyl (C=O) groups excluding carboxylic acids is 1. The molecule has 3 nitrogen and oxygen atoms in total. The minimum absolute atomic E-state index is 0.0221. The van der Waals surface area contributed by atoms with Gasteiger partial charge >= 0.3 is 0 Å². The molecule has 0 fully saturated rings. The predicted molar refractivity (Wildman–Crippen MR) is 78.5 cm³/mol. The van der Waals surface area contributed by atoms with Crippen LogP contribution in [0, 0.1) is 5.82 Å². The highest BCUT2D eigenvalue weighted by Crippen LogP contribution is 2.17. The van der Waals surface area contributed by atoms with Crippen molar-refractivity contribution in [2.24, 2.45) is 0 Å². The minimum atomic E-state index is -0.275. The SMILES string of the molecule is CN[C@H](C)CC(=O)NC(C)Cc1ccc(F)c(Br)c1. The summed E-state index contributed by atoms with van der Waals surface area (Å²) in [6.45, 7) is 3.90. The Kier molecular flexibility index (Phi) is 6.45. The average Bonchev–Trinajstić information content (AvgIpc) is 2.33. The molecule has 0 aliphatic rings. The Bertz CT molecular complexity index is 439. The van der Waals surface area contributed by atoms with E-state index in [2.05, 4.69) is 26.6 Å². The number of hydrogen-bond acceptors (Lipinski definition) is 2. The van der Waals surface area contributed by atoms with Gasteiger partial charge in [-0.25, -0.2) is 4.39 Å². The fourth-order valence-corrected chi connectivity index (χ4v) is 2.21. The van der Waals surface area contributed by atoms with Crippen LogP contribution in [-0.4, -0.2) is 25.0 Å². The maximum absolute atomic E-state index is 13.1. The molecule has 0 heterocycles. The summed E-state index contributed by atoms with van der Waals surface area (Å²) >= 11 is 3.16. The van der Waals surface area contributed by atoms with Gasteiger partial charge in [-0.3, -0.25) is 4.79 Å². The van der Waals surface area contributed by atoms with Gasteiger partial charge in [0.2, 0.25) is 5.91 Å². The van der Waals surface area contributed by atoms with Crippen molar-refractivity contribution in [3.8, 4) is 0 Å². The summed E-state index contributed by atoms with van der Waals surface area (Å²) in [6, 6.07) is 5.09. The second kappa shape index (κ2) is 7.60. The molecular formula is C14H20BrFN2O. The highest BCUT2D eigenvalue weighted by atomic mass is 79.9. The van der Waals surface area contributed by atoms with Gasteiger partial charge in [0.05, 0.1) is 4.47 Å². The first-order valence-corrected chi connectivity index (χ1v) is 7.12. The molecule has 1 rings (SSSR count). The van der Waals surface area contributed by atoms with Gasteiger partial charge in [0.1, 0.15) is 5.82 Å². The zero-order valence-electron chi connectivity index (χ0n) is 11.5. The van der Waals surface area contributed by atoms with Crippen LogP contribution in [0.1, 0.15) is 25.8 Å². The topological polar surface area (TPSA) is 41.1 Å². The van der Waals surface area contributed by atoms with E-state index >= 15 is 0 Å². The molecule has 0 aliphatic heterocycles. The Morgan fingerprint density at radius 2 is 2.05 bits per heavy atom. The van der Waals surface area contributed by atoms with Gasteiger partial charge in [-0.05, 0) is 60.9 Å². The van der Waals surface area contributed by atoms with Crippen LogP contribution in [0.4, 0.5) is 4.39 Å². The Morgan fingerprint density at radius 3 is 2.63 bits per heavy atom. The minimum Gasteiger partial charge on any atom is -0.353 e. The lowest BCUT2D eigenvalue weighted by Gasteiger charge is -2.16. The summed E-state index contributed by atoms with van der Waals surface area (Å²) in [4.78, 5) is 11.7. The second-order valence-corrected chi connectivity index (χ2v) is 5.67. The van der Waals surface area contributed by atoms with Gasteiger partial charge in [-0.15, -0.1) is 0 Å². The number of nitrogens with one attached hydrogen (secondary N) is 2. The van der Waals surface area contributed by atoms with Gasteiger partial charge in [0.25, 0.3) is 0 Å². The first-order chi connectivity index (χ1) is 8.92. The summed E-state index contributed by atoms with van der Waals surface area (Å²) in [7, 11) is 1.83. The molecule has 0 radical (unpaired) electrons. The van der Waals surface area contributed by atoms with Crippen molar-refractivity contribution < 1.29 is 9.18 Å². The fourth-order valence-electron chi connectivity index (χ4n) is 1.79. The van der Waals surface area contributed by atoms with Crippen LogP contribution in [0.5, 0.6) is 0 Å². The molecule has 0 spiro atoms. The molecule has 1 aromatic carbocycles. The van der Waals surface area contributed by atoms with Gasteiger partial charge in [0, 0.05) is 18.5 Å². The normalized spacial score (nSPS) is 13.9. The van der Waals surface area contributed by atoms with Crippen molar-refractivity contribution in [3.63, 3.8) is 0 Å². The Labute approximate surface area is 122 Å². The predicted octanol–water partition coefficient (Wildman–Crippen LogP) is 2.63. The van der Waals surface area contributed by atoms with Crippen molar-refractivity contribution in [2.45, 2.75) is 38.8 Å². The number of amides is 1. The Hall–Kier alpha value is -0.940. The summed E-state index contributed by atoms with van der Waals surface area (Å²) in [5.74, 6) is -0.251. The number of benzene rings is 1. The summed E-state index contributed by atoms with van der Waals surface area (Å²) in [5.41, 5.74) is 0.989. The van der Waals surface area contributed by atoms with Crippen molar-refractivity contribution in [2.75, 3.05) is 7.05 Å². The van der Waals surface area contributed by atoms with E-state index in [1.165, 1.54) is 6.07 Å².